The second-order valence-electron chi connectivity index (χ2n) is 4.38. The Kier molecular flexibility index (Phi) is 3.02. The van der Waals surface area contributed by atoms with E-state index in [0.29, 0.717) is 27.9 Å². The molecule has 21 heavy (non-hydrogen) atoms. The van der Waals surface area contributed by atoms with Crippen LogP contribution in [0.5, 0.6) is 0 Å². The summed E-state index contributed by atoms with van der Waals surface area (Å²) in [6.45, 7) is 0. The molecule has 7 heteroatoms. The average molecular weight is 286 g/mol. The number of hydrogen-bond acceptors (Lipinski definition) is 5. The van der Waals surface area contributed by atoms with Gasteiger partial charge in [-0.1, -0.05) is 0 Å². The predicted molar refractivity (Wildman–Crippen MR) is 75.0 cm³/mol. The van der Waals surface area contributed by atoms with Gasteiger partial charge in [0.25, 0.3) is 0 Å². The molecule has 0 aliphatic heterocycles. The van der Waals surface area contributed by atoms with Crippen molar-refractivity contribution in [3.63, 3.8) is 0 Å². The Balaban J connectivity index is 2.29. The number of rotatable bonds is 2. The second-order valence-corrected chi connectivity index (χ2v) is 4.38. The molecule has 0 saturated carbocycles. The maximum Gasteiger partial charge on any atom is 0.340 e. The first-order chi connectivity index (χ1) is 10.1. The Morgan fingerprint density at radius 1 is 1.38 bits per heavy atom. The first-order valence-corrected chi connectivity index (χ1v) is 6.07. The molecule has 0 amide bonds. The van der Waals surface area contributed by atoms with Crippen molar-refractivity contribution in [2.75, 3.05) is 12.8 Å². The van der Waals surface area contributed by atoms with Gasteiger partial charge in [0.05, 0.1) is 29.4 Å². The van der Waals surface area contributed by atoms with Crippen LogP contribution in [0.3, 0.4) is 0 Å². The number of H-pyrrole nitrogens is 1. The molecule has 3 rings (SSSR count). The molecule has 0 atom stereocenters. The molecule has 106 valence electrons. The maximum atomic E-state index is 13.3. The largest absolute Gasteiger partial charge is 0.465 e. The van der Waals surface area contributed by atoms with E-state index < -0.39 is 11.8 Å². The molecule has 0 saturated heterocycles. The zero-order chi connectivity index (χ0) is 15.0. The van der Waals surface area contributed by atoms with Gasteiger partial charge in [0.2, 0.25) is 0 Å². The summed E-state index contributed by atoms with van der Waals surface area (Å²) in [5.41, 5.74) is 7.46. The lowest BCUT2D eigenvalue weighted by molar-refractivity contribution is 0.0603. The maximum absolute atomic E-state index is 13.3. The lowest BCUT2D eigenvalue weighted by atomic mass is 10.1. The number of nitrogens with two attached hydrogens (primary N) is 1. The third-order valence-electron chi connectivity index (χ3n) is 3.14. The van der Waals surface area contributed by atoms with Crippen LogP contribution in [0.25, 0.3) is 22.3 Å². The number of anilines is 1. The molecule has 3 aromatic rings. The number of nitrogen functional groups attached to an aromatic ring is 1. The number of nitrogens with one attached hydrogen (secondary N) is 1. The van der Waals surface area contributed by atoms with Crippen molar-refractivity contribution < 1.29 is 13.9 Å². The zero-order valence-corrected chi connectivity index (χ0v) is 11.1. The van der Waals surface area contributed by atoms with Crippen molar-refractivity contribution in [2.45, 2.75) is 0 Å². The Hall–Kier alpha value is -2.96. The summed E-state index contributed by atoms with van der Waals surface area (Å²) in [6.07, 6.45) is 2.86. The van der Waals surface area contributed by atoms with Gasteiger partial charge in [-0.2, -0.15) is 0 Å². The highest BCUT2D eigenvalue weighted by atomic mass is 19.1. The lowest BCUT2D eigenvalue weighted by Crippen LogP contribution is -2.01. The van der Waals surface area contributed by atoms with E-state index in [9.17, 15) is 9.18 Å². The number of ether oxygens (including phenoxy) is 1. The van der Waals surface area contributed by atoms with Crippen molar-refractivity contribution in [1.82, 2.24) is 15.0 Å². The molecule has 0 fully saturated rings. The number of aromatic nitrogens is 3. The van der Waals surface area contributed by atoms with Crippen molar-refractivity contribution >= 4 is 22.7 Å². The SMILES string of the molecule is COC(=O)c1c[nH]c2ncnc(-c3ccc(F)c(N)c3)c12. The first-order valence-electron chi connectivity index (χ1n) is 6.07. The van der Waals surface area contributed by atoms with Crippen LogP contribution in [0.1, 0.15) is 10.4 Å². The second kappa shape index (κ2) is 4.86. The van der Waals surface area contributed by atoms with Crippen LogP contribution in [0.15, 0.2) is 30.7 Å². The molecule has 2 aromatic heterocycles. The first kappa shape index (κ1) is 13.0. The Morgan fingerprint density at radius 3 is 2.90 bits per heavy atom. The van der Waals surface area contributed by atoms with Crippen molar-refractivity contribution in [1.29, 1.82) is 0 Å². The van der Waals surface area contributed by atoms with Gasteiger partial charge in [-0.15, -0.1) is 0 Å². The highest BCUT2D eigenvalue weighted by Crippen LogP contribution is 2.30. The van der Waals surface area contributed by atoms with Crippen LogP contribution in [0, 0.1) is 5.82 Å². The molecule has 0 unspecified atom stereocenters. The Bertz CT molecular complexity index is 844. The smallest absolute Gasteiger partial charge is 0.340 e. The van der Waals surface area contributed by atoms with E-state index in [4.69, 9.17) is 10.5 Å². The number of fused-ring (bicyclic) bond motifs is 1. The van der Waals surface area contributed by atoms with Crippen LogP contribution < -0.4 is 5.73 Å². The Labute approximate surface area is 118 Å². The van der Waals surface area contributed by atoms with Gasteiger partial charge in [0, 0.05) is 11.8 Å². The van der Waals surface area contributed by atoms with Gasteiger partial charge >= 0.3 is 5.97 Å². The van der Waals surface area contributed by atoms with Gasteiger partial charge in [0.15, 0.2) is 0 Å². The summed E-state index contributed by atoms with van der Waals surface area (Å²) in [5, 5.41) is 0.510. The molecule has 0 radical (unpaired) electrons. The van der Waals surface area contributed by atoms with Crippen LogP contribution in [0.4, 0.5) is 10.1 Å². The summed E-state index contributed by atoms with van der Waals surface area (Å²) in [6, 6.07) is 4.26. The van der Waals surface area contributed by atoms with Gasteiger partial charge in [0.1, 0.15) is 17.8 Å². The van der Waals surface area contributed by atoms with Gasteiger partial charge in [-0.3, -0.25) is 0 Å². The number of halogens is 1. The third-order valence-corrected chi connectivity index (χ3v) is 3.14. The lowest BCUT2D eigenvalue weighted by Gasteiger charge is -2.05. The molecule has 0 aliphatic carbocycles. The molecular weight excluding hydrogens is 275 g/mol. The number of hydrogen-bond donors (Lipinski definition) is 2. The third kappa shape index (κ3) is 2.08. The normalized spacial score (nSPS) is 10.8. The van der Waals surface area contributed by atoms with Crippen molar-refractivity contribution in [2.24, 2.45) is 0 Å². The zero-order valence-electron chi connectivity index (χ0n) is 11.1. The van der Waals surface area contributed by atoms with E-state index in [2.05, 4.69) is 15.0 Å². The van der Waals surface area contributed by atoms with Crippen LogP contribution >= 0.6 is 0 Å². The number of esters is 1. The summed E-state index contributed by atoms with van der Waals surface area (Å²) in [5.74, 6) is -1.02. The monoisotopic (exact) mass is 286 g/mol. The summed E-state index contributed by atoms with van der Waals surface area (Å²) in [4.78, 5) is 22.9. The highest BCUT2D eigenvalue weighted by molar-refractivity contribution is 6.08. The molecule has 1 aromatic carbocycles. The van der Waals surface area contributed by atoms with Crippen molar-refractivity contribution in [3.05, 3.63) is 42.1 Å². The minimum atomic E-state index is -0.508. The highest BCUT2D eigenvalue weighted by Gasteiger charge is 2.18. The number of aromatic amines is 1. The van der Waals surface area contributed by atoms with Crippen molar-refractivity contribution in [3.8, 4) is 11.3 Å². The van der Waals surface area contributed by atoms with E-state index in [1.165, 1.54) is 31.8 Å². The fourth-order valence-corrected chi connectivity index (χ4v) is 2.14. The summed E-state index contributed by atoms with van der Waals surface area (Å²) >= 11 is 0. The molecule has 3 N–H and O–H groups in total. The molecule has 0 aliphatic rings. The van der Waals surface area contributed by atoms with Gasteiger partial charge in [-0.25, -0.2) is 19.2 Å². The quantitative estimate of drug-likeness (QED) is 0.556. The standard InChI is InChI=1S/C14H11FN4O2/c1-21-14(20)8-5-17-13-11(8)12(18-6-19-13)7-2-3-9(15)10(16)4-7/h2-6H,16H2,1H3,(H,17,18,19). The number of carbonyl (C=O) groups excluding carboxylic acids is 1. The number of methoxy groups -OCH3 is 1. The van der Waals surface area contributed by atoms with Crippen LogP contribution in [-0.4, -0.2) is 28.0 Å². The fourth-order valence-electron chi connectivity index (χ4n) is 2.14. The molecule has 6 nitrogen and oxygen atoms in total. The van der Waals surface area contributed by atoms with E-state index in [-0.39, 0.29) is 5.69 Å². The average Bonchev–Trinajstić information content (AvgIpc) is 2.93. The topological polar surface area (TPSA) is 93.9 Å². The minimum Gasteiger partial charge on any atom is -0.465 e. The molecule has 2 heterocycles. The molecular formula is C14H11FN4O2. The van der Waals surface area contributed by atoms with Gasteiger partial charge in [-0.05, 0) is 18.2 Å². The fraction of sp³-hybridized carbons (Fsp3) is 0.0714. The predicted octanol–water partition coefficient (Wildman–Crippen LogP) is 2.13. The number of nitrogens with zero attached hydrogens (tertiary/aromatic N) is 2. The van der Waals surface area contributed by atoms with E-state index in [1.54, 1.807) is 6.07 Å². The van der Waals surface area contributed by atoms with Crippen LogP contribution in [0.2, 0.25) is 0 Å². The summed E-state index contributed by atoms with van der Waals surface area (Å²) in [7, 11) is 1.29. The number of benzene rings is 1. The number of carbonyl (C=O) groups is 1. The molecule has 0 bridgehead atoms. The minimum absolute atomic E-state index is 0.00872. The van der Waals surface area contributed by atoms with E-state index >= 15 is 0 Å². The van der Waals surface area contributed by atoms with Crippen LogP contribution in [-0.2, 0) is 4.74 Å². The van der Waals surface area contributed by atoms with E-state index in [1.807, 2.05) is 0 Å². The van der Waals surface area contributed by atoms with Gasteiger partial charge < -0.3 is 15.5 Å². The van der Waals surface area contributed by atoms with E-state index in [0.717, 1.165) is 0 Å². The summed E-state index contributed by atoms with van der Waals surface area (Å²) < 4.78 is 18.0. The Morgan fingerprint density at radius 2 is 2.19 bits per heavy atom. The molecule has 0 spiro atoms.